The molecule has 0 bridgehead atoms. The Morgan fingerprint density at radius 1 is 0.414 bits per heavy atom. The Morgan fingerprint density at radius 3 is 1.12 bits per heavy atom. The summed E-state index contributed by atoms with van der Waals surface area (Å²) in [5.74, 6) is -7.03. The molecule has 58 heavy (non-hydrogen) atoms. The zero-order valence-electron chi connectivity index (χ0n) is 32.6. The second-order valence-corrected chi connectivity index (χ2v) is 14.7. The Kier molecular flexibility index (Phi) is 19.2. The summed E-state index contributed by atoms with van der Waals surface area (Å²) in [6.07, 6.45) is -23.4. The van der Waals surface area contributed by atoms with Gasteiger partial charge in [-0.3, -0.25) is 38.4 Å². The number of hydrogen-bond acceptors (Lipinski definition) is 22. The molecule has 3 aliphatic rings. The average molecular weight is 1060 g/mol. The van der Waals surface area contributed by atoms with Crippen molar-refractivity contribution < 1.29 is 105 Å². The van der Waals surface area contributed by atoms with Crippen molar-refractivity contribution in [3.8, 4) is 0 Å². The number of aliphatic hydroxyl groups excluding tert-OH is 1. The van der Waals surface area contributed by atoms with Gasteiger partial charge in [-0.25, -0.2) is 0 Å². The van der Waals surface area contributed by atoms with E-state index in [1.807, 2.05) is 45.2 Å². The van der Waals surface area contributed by atoms with E-state index in [1.54, 1.807) is 0 Å². The van der Waals surface area contributed by atoms with Gasteiger partial charge in [0, 0.05) is 64.2 Å². The van der Waals surface area contributed by atoms with Crippen LogP contribution >= 0.6 is 45.2 Å². The molecule has 0 unspecified atom stereocenters. The zero-order valence-corrected chi connectivity index (χ0v) is 36.9. The van der Waals surface area contributed by atoms with Gasteiger partial charge < -0.3 is 66.7 Å². The maximum absolute atomic E-state index is 12.8. The molecule has 15 atom stereocenters. The van der Waals surface area contributed by atoms with E-state index in [-0.39, 0.29) is 8.86 Å². The molecule has 3 rings (SSSR count). The molecule has 0 saturated carbocycles. The molecule has 3 aliphatic heterocycles. The predicted molar refractivity (Wildman–Crippen MR) is 201 cm³/mol. The number of rotatable bonds is 15. The third-order valence-corrected chi connectivity index (χ3v) is 9.98. The van der Waals surface area contributed by atoms with E-state index in [4.69, 9.17) is 61.6 Å². The molecular weight excluding hydrogens is 1010 g/mol. The fourth-order valence-corrected chi connectivity index (χ4v) is 7.77. The molecule has 24 heteroatoms. The maximum atomic E-state index is 12.8. The van der Waals surface area contributed by atoms with E-state index in [0.29, 0.717) is 0 Å². The number of esters is 8. The third-order valence-electron chi connectivity index (χ3n) is 8.24. The molecule has 0 aromatic rings. The van der Waals surface area contributed by atoms with Gasteiger partial charge in [-0.2, -0.15) is 0 Å². The summed E-state index contributed by atoms with van der Waals surface area (Å²) in [6.45, 7) is 7.74. The molecule has 3 fully saturated rings. The number of aliphatic hydroxyl groups is 1. The zero-order chi connectivity index (χ0) is 43.6. The number of carbonyl (C=O) groups excluding carboxylic acids is 8. The molecule has 0 amide bonds. The van der Waals surface area contributed by atoms with Crippen LogP contribution in [0, 0.1) is 0 Å². The standard InChI is InChI=1S/C34H46I2O22/c1-12(37)46-11-22-25(58-33-30(52-18(7)43)27(49-15(4)40)23(47-13(2)38)21(10-36)55-33)28(50-16(5)41)31(53-19(8)44)34(56-22)57-24-20(9-35)54-32(45)29(51-17(6)42)26(24)48-14(3)39/h20-34,45H,9-11H2,1-8H3/t20-,21-,22-,23-,24-,25-,26+,27+,28+,29-,30-,31-,32-,33-,34-/m1/s1. The van der Waals surface area contributed by atoms with Gasteiger partial charge in [0.1, 0.15) is 31.0 Å². The molecule has 328 valence electrons. The molecule has 22 nitrogen and oxygen atoms in total. The van der Waals surface area contributed by atoms with Gasteiger partial charge in [0.05, 0.1) is 6.10 Å². The maximum Gasteiger partial charge on any atom is 0.303 e. The van der Waals surface area contributed by atoms with Gasteiger partial charge in [0.25, 0.3) is 0 Å². The minimum absolute atomic E-state index is 0.0668. The first kappa shape index (κ1) is 49.3. The minimum Gasteiger partial charge on any atom is -0.463 e. The van der Waals surface area contributed by atoms with Gasteiger partial charge in [0.15, 0.2) is 61.6 Å². The molecule has 3 saturated heterocycles. The van der Waals surface area contributed by atoms with Crippen molar-refractivity contribution in [3.05, 3.63) is 0 Å². The van der Waals surface area contributed by atoms with Crippen LogP contribution in [0.4, 0.5) is 0 Å². The number of carbonyl (C=O) groups is 8. The lowest BCUT2D eigenvalue weighted by atomic mass is 9.95. The van der Waals surface area contributed by atoms with Gasteiger partial charge in [-0.1, -0.05) is 45.2 Å². The van der Waals surface area contributed by atoms with E-state index in [9.17, 15) is 43.5 Å². The highest BCUT2D eigenvalue weighted by Gasteiger charge is 2.59. The van der Waals surface area contributed by atoms with Crippen LogP contribution in [-0.2, 0) is 99.9 Å². The Morgan fingerprint density at radius 2 is 0.724 bits per heavy atom. The highest BCUT2D eigenvalue weighted by atomic mass is 127. The lowest BCUT2D eigenvalue weighted by molar-refractivity contribution is -0.375. The van der Waals surface area contributed by atoms with Crippen molar-refractivity contribution >= 4 is 92.9 Å². The van der Waals surface area contributed by atoms with Gasteiger partial charge in [0.2, 0.25) is 0 Å². The van der Waals surface area contributed by atoms with Crippen LogP contribution in [0.1, 0.15) is 55.4 Å². The topological polar surface area (TPSA) is 277 Å². The third kappa shape index (κ3) is 13.8. The van der Waals surface area contributed by atoms with Gasteiger partial charge in [-0.15, -0.1) is 0 Å². The first-order valence-corrected chi connectivity index (χ1v) is 20.6. The van der Waals surface area contributed by atoms with E-state index in [2.05, 4.69) is 0 Å². The van der Waals surface area contributed by atoms with Crippen LogP contribution in [0.25, 0.3) is 0 Å². The first-order valence-electron chi connectivity index (χ1n) is 17.6. The smallest absolute Gasteiger partial charge is 0.303 e. The Bertz CT molecular complexity index is 1510. The largest absolute Gasteiger partial charge is 0.463 e. The van der Waals surface area contributed by atoms with Crippen LogP contribution in [-0.4, -0.2) is 160 Å². The quantitative estimate of drug-likeness (QED) is 0.0969. The first-order chi connectivity index (χ1) is 27.2. The van der Waals surface area contributed by atoms with Crippen molar-refractivity contribution in [2.24, 2.45) is 0 Å². The van der Waals surface area contributed by atoms with Crippen molar-refractivity contribution in [1.29, 1.82) is 0 Å². The van der Waals surface area contributed by atoms with Crippen LogP contribution in [0.5, 0.6) is 0 Å². The van der Waals surface area contributed by atoms with E-state index < -0.39 is 146 Å². The molecule has 0 aromatic carbocycles. The Labute approximate surface area is 359 Å². The SMILES string of the molecule is CC(=O)OC[C@H]1O[C@H](O[C@H]2[C@H](OC(C)=O)[C@@H](OC(C)=O)[C@H](O)O[C@@H]2CI)[C@H](OC(C)=O)[C@@H](OC(C)=O)[C@@H]1O[C@H]1O[C@H](CI)[C@@H](OC(C)=O)[C@H](OC(C)=O)[C@H]1OC(C)=O. The summed E-state index contributed by atoms with van der Waals surface area (Å²) in [5, 5.41) is 10.8. The van der Waals surface area contributed by atoms with Crippen molar-refractivity contribution in [3.63, 3.8) is 0 Å². The summed E-state index contributed by atoms with van der Waals surface area (Å²) < 4.78 is 74.8. The van der Waals surface area contributed by atoms with Crippen LogP contribution in [0.15, 0.2) is 0 Å². The number of halogens is 2. The summed E-state index contributed by atoms with van der Waals surface area (Å²) in [6, 6.07) is 0. The average Bonchev–Trinajstić information content (AvgIpc) is 3.09. The van der Waals surface area contributed by atoms with Crippen LogP contribution < -0.4 is 0 Å². The van der Waals surface area contributed by atoms with Crippen molar-refractivity contribution in [2.45, 2.75) is 148 Å². The minimum atomic E-state index is -1.82. The predicted octanol–water partition coefficient (Wildman–Crippen LogP) is -0.121. The molecule has 0 aromatic heterocycles. The molecule has 0 radical (unpaired) electrons. The number of hydrogen-bond donors (Lipinski definition) is 1. The summed E-state index contributed by atoms with van der Waals surface area (Å²) >= 11 is 3.80. The van der Waals surface area contributed by atoms with Crippen molar-refractivity contribution in [1.82, 2.24) is 0 Å². The van der Waals surface area contributed by atoms with Crippen LogP contribution in [0.2, 0.25) is 0 Å². The summed E-state index contributed by atoms with van der Waals surface area (Å²) in [4.78, 5) is 99.0. The highest BCUT2D eigenvalue weighted by molar-refractivity contribution is 14.1. The van der Waals surface area contributed by atoms with Crippen LogP contribution in [0.3, 0.4) is 0 Å². The Hall–Kier alpha value is -3.02. The molecule has 0 aliphatic carbocycles. The normalized spacial score (nSPS) is 34.6. The van der Waals surface area contributed by atoms with E-state index >= 15 is 0 Å². The van der Waals surface area contributed by atoms with E-state index in [1.165, 1.54) is 0 Å². The Balaban J connectivity index is 2.21. The fraction of sp³-hybridized carbons (Fsp3) is 0.765. The lowest BCUT2D eigenvalue weighted by Crippen LogP contribution is -2.68. The highest BCUT2D eigenvalue weighted by Crippen LogP contribution is 2.38. The lowest BCUT2D eigenvalue weighted by Gasteiger charge is -2.50. The summed E-state index contributed by atoms with van der Waals surface area (Å²) in [5.41, 5.74) is 0. The van der Waals surface area contributed by atoms with E-state index in [0.717, 1.165) is 55.4 Å². The fourth-order valence-electron chi connectivity index (χ4n) is 6.35. The molecule has 0 spiro atoms. The number of alkyl halides is 2. The van der Waals surface area contributed by atoms with Gasteiger partial charge in [-0.05, 0) is 0 Å². The number of ether oxygens (including phenoxy) is 13. The van der Waals surface area contributed by atoms with Gasteiger partial charge >= 0.3 is 47.8 Å². The molecule has 1 N–H and O–H groups in total. The molecule has 3 heterocycles. The molecular formula is C34H46I2O22. The second kappa shape index (κ2) is 22.5. The monoisotopic (exact) mass is 1060 g/mol. The summed E-state index contributed by atoms with van der Waals surface area (Å²) in [7, 11) is 0. The van der Waals surface area contributed by atoms with Crippen molar-refractivity contribution in [2.75, 3.05) is 15.5 Å². The second-order valence-electron chi connectivity index (χ2n) is 13.0.